The summed E-state index contributed by atoms with van der Waals surface area (Å²) in [6.45, 7) is 7.61. The number of nitro groups is 1. The van der Waals surface area contributed by atoms with E-state index in [2.05, 4.69) is 28.6 Å². The van der Waals surface area contributed by atoms with Crippen molar-refractivity contribution in [1.82, 2.24) is 14.2 Å². The van der Waals surface area contributed by atoms with Gasteiger partial charge in [-0.1, -0.05) is 48.3 Å². The van der Waals surface area contributed by atoms with E-state index < -0.39 is 32.7 Å². The molecule has 2 N–H and O–H groups in total. The second-order valence-electron chi connectivity index (χ2n) is 17.0. The molecule has 2 aliphatic carbocycles. The highest BCUT2D eigenvalue weighted by Gasteiger charge is 2.65. The van der Waals surface area contributed by atoms with Crippen molar-refractivity contribution < 1.29 is 42.6 Å². The normalized spacial score (nSPS) is 24.4. The van der Waals surface area contributed by atoms with Crippen LogP contribution < -0.4 is 9.47 Å². The molecule has 4 aliphatic rings. The molecular formula is C48H57N5O10S. The molecule has 0 spiro atoms. The molecule has 3 aromatic carbocycles. The number of aromatic nitrogens is 1. The molecule has 1 saturated heterocycles. The van der Waals surface area contributed by atoms with Crippen LogP contribution in [0.3, 0.4) is 0 Å². The van der Waals surface area contributed by atoms with E-state index in [1.807, 2.05) is 24.3 Å². The summed E-state index contributed by atoms with van der Waals surface area (Å²) in [4.78, 5) is 23.9. The van der Waals surface area contributed by atoms with Crippen LogP contribution in [-0.4, -0.2) is 108 Å². The van der Waals surface area contributed by atoms with Gasteiger partial charge in [-0.05, 0) is 91.1 Å². The molecule has 0 amide bonds. The van der Waals surface area contributed by atoms with Crippen molar-refractivity contribution >= 4 is 32.3 Å². The first-order valence-corrected chi connectivity index (χ1v) is 23.6. The summed E-state index contributed by atoms with van der Waals surface area (Å²) in [5.74, 6) is -1.31. The number of aliphatic hydroxyl groups is 2. The number of fused-ring (bicyclic) bond motifs is 3. The van der Waals surface area contributed by atoms with Gasteiger partial charge in [-0.25, -0.2) is 8.42 Å². The smallest absolute Gasteiger partial charge is 0.269 e. The van der Waals surface area contributed by atoms with Crippen molar-refractivity contribution in [2.45, 2.75) is 74.2 Å². The van der Waals surface area contributed by atoms with E-state index in [1.54, 1.807) is 49.7 Å². The third-order valence-corrected chi connectivity index (χ3v) is 15.0. The number of likely N-dealkylation sites (N-methyl/N-ethyl adjacent to an activating group) is 1. The first-order chi connectivity index (χ1) is 31.1. The lowest BCUT2D eigenvalue weighted by Gasteiger charge is -2.59. The summed E-state index contributed by atoms with van der Waals surface area (Å²) in [5, 5.41) is 36.7. The number of oxime groups is 1. The minimum Gasteiger partial charge on any atom is -0.492 e. The van der Waals surface area contributed by atoms with E-state index in [0.29, 0.717) is 53.1 Å². The number of nitro benzene ring substituents is 1. The maximum atomic E-state index is 15.2. The third-order valence-electron chi connectivity index (χ3n) is 13.1. The number of para-hydroxylation sites is 1. The standard InChI is InChI=1S/C48H57N5O10S/c1-3-27-61-48-44(51(2)64(58,59)43-14-8-11-34-12-9-21-49-47(34)43)31-41(50-62-32-33-15-17-36(18-16-33)53(56)57)39-29-35(10-4-6-25-54)38(13-5-7-26-55)45(46(39)48)40-30-37(19-20-42(40)63-48)60-28-24-52-22-23-52/h3,8-9,11-12,14-21,29-30,35,38,44-46,54-55H,1,4-7,10,13,22-28,31-32H2,2H3/t35-,38+,44-,45+,46+,48+/m0/s1. The average molecular weight is 896 g/mol. The second kappa shape index (κ2) is 19.9. The number of rotatable bonds is 22. The molecule has 4 aromatic rings. The number of pyridine rings is 1. The van der Waals surface area contributed by atoms with E-state index >= 15 is 8.42 Å². The van der Waals surface area contributed by atoms with Crippen molar-refractivity contribution in [2.75, 3.05) is 53.1 Å². The highest BCUT2D eigenvalue weighted by molar-refractivity contribution is 7.89. The predicted octanol–water partition coefficient (Wildman–Crippen LogP) is 6.99. The van der Waals surface area contributed by atoms with Crippen LogP contribution in [0.2, 0.25) is 0 Å². The molecule has 16 heteroatoms. The number of aliphatic hydroxyl groups excluding tert-OH is 2. The number of hydrogen-bond acceptors (Lipinski definition) is 13. The fraction of sp³-hybridized carbons (Fsp3) is 0.458. The number of nitrogens with zero attached hydrogens (tertiary/aromatic N) is 5. The van der Waals surface area contributed by atoms with E-state index in [9.17, 15) is 20.3 Å². The van der Waals surface area contributed by atoms with E-state index in [1.165, 1.54) is 16.4 Å². The molecule has 64 heavy (non-hydrogen) atoms. The molecule has 0 bridgehead atoms. The second-order valence-corrected chi connectivity index (χ2v) is 19.0. The van der Waals surface area contributed by atoms with Crippen LogP contribution in [0, 0.1) is 27.9 Å². The topological polar surface area (TPSA) is 186 Å². The third kappa shape index (κ3) is 9.30. The number of hydrogen-bond donors (Lipinski definition) is 2. The van der Waals surface area contributed by atoms with Crippen molar-refractivity contribution in [1.29, 1.82) is 0 Å². The van der Waals surface area contributed by atoms with Gasteiger partial charge in [0.25, 0.3) is 5.69 Å². The van der Waals surface area contributed by atoms with Crippen molar-refractivity contribution in [3.8, 4) is 11.5 Å². The monoisotopic (exact) mass is 895 g/mol. The fourth-order valence-corrected chi connectivity index (χ4v) is 11.4. The summed E-state index contributed by atoms with van der Waals surface area (Å²) in [6, 6.07) is 19.6. The molecule has 340 valence electrons. The van der Waals surface area contributed by atoms with Crippen LogP contribution in [0.4, 0.5) is 5.69 Å². The van der Waals surface area contributed by atoms with Crippen molar-refractivity contribution in [2.24, 2.45) is 22.9 Å². The number of benzene rings is 3. The van der Waals surface area contributed by atoms with Gasteiger partial charge in [0.2, 0.25) is 15.8 Å². The Balaban J connectivity index is 1.30. The van der Waals surface area contributed by atoms with Gasteiger partial charge in [0, 0.05) is 81.5 Å². The summed E-state index contributed by atoms with van der Waals surface area (Å²) < 4.78 is 52.4. The molecule has 3 heterocycles. The van der Waals surface area contributed by atoms with Gasteiger partial charge < -0.3 is 29.3 Å². The first kappa shape index (κ1) is 45.3. The summed E-state index contributed by atoms with van der Waals surface area (Å²) >= 11 is 0. The number of allylic oxidation sites excluding steroid dienone is 1. The summed E-state index contributed by atoms with van der Waals surface area (Å²) in [5.41, 5.74) is 3.21. The largest absolute Gasteiger partial charge is 0.492 e. The Kier molecular flexibility index (Phi) is 14.1. The van der Waals surface area contributed by atoms with Crippen LogP contribution in [0.15, 0.2) is 113 Å². The Hall–Kier alpha value is -5.23. The molecule has 2 aliphatic heterocycles. The zero-order chi connectivity index (χ0) is 44.8. The highest BCUT2D eigenvalue weighted by Crippen LogP contribution is 2.62. The maximum absolute atomic E-state index is 15.2. The molecule has 0 radical (unpaired) electrons. The minimum absolute atomic E-state index is 0.00261. The number of sulfonamides is 1. The first-order valence-electron chi connectivity index (χ1n) is 22.2. The molecule has 0 unspecified atom stereocenters. The summed E-state index contributed by atoms with van der Waals surface area (Å²) in [6.07, 6.45) is 9.75. The molecule has 2 fully saturated rings. The predicted molar refractivity (Wildman–Crippen MR) is 241 cm³/mol. The Labute approximate surface area is 374 Å². The average Bonchev–Trinajstić information content (AvgIpc) is 4.14. The van der Waals surface area contributed by atoms with Gasteiger partial charge in [-0.2, -0.15) is 4.31 Å². The molecule has 6 atom stereocenters. The van der Waals surface area contributed by atoms with E-state index in [0.717, 1.165) is 56.5 Å². The Morgan fingerprint density at radius 3 is 2.55 bits per heavy atom. The number of unbranched alkanes of at least 4 members (excludes halogenated alkanes) is 2. The van der Waals surface area contributed by atoms with Gasteiger partial charge in [-0.3, -0.25) is 20.0 Å². The maximum Gasteiger partial charge on any atom is 0.269 e. The van der Waals surface area contributed by atoms with Crippen LogP contribution in [0.25, 0.3) is 10.9 Å². The van der Waals surface area contributed by atoms with Crippen LogP contribution >= 0.6 is 0 Å². The number of non-ortho nitro benzene ring substituents is 1. The lowest BCUT2D eigenvalue weighted by atomic mass is 9.55. The van der Waals surface area contributed by atoms with Gasteiger partial charge in [0.1, 0.15) is 29.6 Å². The Morgan fingerprint density at radius 1 is 1.05 bits per heavy atom. The van der Waals surface area contributed by atoms with Crippen molar-refractivity contribution in [3.63, 3.8) is 0 Å². The van der Waals surface area contributed by atoms with Gasteiger partial charge in [0.15, 0.2) is 0 Å². The van der Waals surface area contributed by atoms with Gasteiger partial charge >= 0.3 is 0 Å². The molecule has 1 aromatic heterocycles. The minimum atomic E-state index is -4.31. The lowest BCUT2D eigenvalue weighted by Crippen LogP contribution is -2.69. The van der Waals surface area contributed by atoms with Crippen molar-refractivity contribution in [3.05, 3.63) is 125 Å². The lowest BCUT2D eigenvalue weighted by molar-refractivity contribution is -0.384. The van der Waals surface area contributed by atoms with Crippen LogP contribution in [-0.2, 0) is 26.2 Å². The SMILES string of the molecule is C=CCO[C@@]12Oc3ccc(OCCN4CC4)cc3[C@H]3[C@H](CCCCO)[C@@H](CCCCO)C=C(C(=NOCc4ccc([N+](=O)[O-])cc4)C[C@@H]1N(C)S(=O)(=O)c1cccc4cccnc14)[C@H]32. The molecule has 15 nitrogen and oxygen atoms in total. The van der Waals surface area contributed by atoms with E-state index in [-0.39, 0.29) is 61.2 Å². The number of ether oxygens (including phenoxy) is 3. The molecule has 1 saturated carbocycles. The van der Waals surface area contributed by atoms with Crippen LogP contribution in [0.1, 0.15) is 62.0 Å². The quantitative estimate of drug-likeness (QED) is 0.0271. The van der Waals surface area contributed by atoms with Gasteiger partial charge in [0.05, 0.1) is 34.7 Å². The highest BCUT2D eigenvalue weighted by atomic mass is 32.2. The Morgan fingerprint density at radius 2 is 1.81 bits per heavy atom. The zero-order valence-electron chi connectivity index (χ0n) is 36.2. The van der Waals surface area contributed by atoms with E-state index in [4.69, 9.17) is 24.2 Å². The fourth-order valence-electron chi connectivity index (χ4n) is 9.89. The van der Waals surface area contributed by atoms with Crippen LogP contribution in [0.5, 0.6) is 11.5 Å². The zero-order valence-corrected chi connectivity index (χ0v) is 37.0. The summed E-state index contributed by atoms with van der Waals surface area (Å²) in [7, 11) is -2.77. The molecule has 8 rings (SSSR count). The molecular weight excluding hydrogens is 839 g/mol. The Bertz CT molecular complexity index is 2470. The van der Waals surface area contributed by atoms with Gasteiger partial charge in [-0.15, -0.1) is 6.58 Å².